The lowest BCUT2D eigenvalue weighted by molar-refractivity contribution is 0.0690. The van der Waals surface area contributed by atoms with Crippen molar-refractivity contribution in [2.45, 2.75) is 26.2 Å². The summed E-state index contributed by atoms with van der Waals surface area (Å²) in [6, 6.07) is 11.7. The number of aryl methyl sites for hydroxylation is 1. The third kappa shape index (κ3) is 4.27. The first-order chi connectivity index (χ1) is 10.1. The van der Waals surface area contributed by atoms with Gasteiger partial charge in [-0.1, -0.05) is 37.3 Å². The predicted molar refractivity (Wildman–Crippen MR) is 81.7 cm³/mol. The largest absolute Gasteiger partial charge is 0.477 e. The van der Waals surface area contributed by atoms with E-state index in [1.165, 1.54) is 11.6 Å². The molecule has 1 atom stereocenters. The minimum Gasteiger partial charge on any atom is -0.477 e. The van der Waals surface area contributed by atoms with Gasteiger partial charge in [-0.25, -0.2) is 14.8 Å². The normalized spacial score (nSPS) is 11.9. The number of rotatable bonds is 6. The Bertz CT molecular complexity index is 614. The molecule has 0 aliphatic heterocycles. The van der Waals surface area contributed by atoms with Crippen molar-refractivity contribution in [3.8, 4) is 0 Å². The van der Waals surface area contributed by atoms with Crippen LogP contribution in [0.1, 0.15) is 41.0 Å². The van der Waals surface area contributed by atoms with Gasteiger partial charge in [-0.2, -0.15) is 0 Å². The Balaban J connectivity index is 1.93. The number of carbonyl (C=O) groups is 1. The van der Waals surface area contributed by atoms with Gasteiger partial charge in [-0.15, -0.1) is 0 Å². The number of nitrogens with one attached hydrogen (secondary N) is 1. The van der Waals surface area contributed by atoms with Gasteiger partial charge < -0.3 is 10.4 Å². The van der Waals surface area contributed by atoms with Crippen molar-refractivity contribution in [1.82, 2.24) is 9.97 Å². The van der Waals surface area contributed by atoms with E-state index in [2.05, 4.69) is 34.3 Å². The van der Waals surface area contributed by atoms with Crippen molar-refractivity contribution in [2.75, 3.05) is 11.9 Å². The van der Waals surface area contributed by atoms with E-state index < -0.39 is 5.97 Å². The van der Waals surface area contributed by atoms with Gasteiger partial charge in [0.25, 0.3) is 0 Å². The predicted octanol–water partition coefficient (Wildman–Crippen LogP) is 3.09. The van der Waals surface area contributed by atoms with Crippen LogP contribution in [0.4, 0.5) is 5.95 Å². The lowest BCUT2D eigenvalue weighted by Crippen LogP contribution is -2.11. The zero-order valence-electron chi connectivity index (χ0n) is 12.2. The number of carboxylic acid groups (broad SMARTS) is 1. The number of aromatic carboxylic acids is 1. The molecule has 0 saturated heterocycles. The van der Waals surface area contributed by atoms with Crippen LogP contribution in [0.15, 0.2) is 36.4 Å². The highest BCUT2D eigenvalue weighted by molar-refractivity contribution is 5.85. The van der Waals surface area contributed by atoms with Crippen molar-refractivity contribution in [2.24, 2.45) is 0 Å². The second-order valence-corrected chi connectivity index (χ2v) is 5.05. The Kier molecular flexibility index (Phi) is 4.87. The fraction of sp³-hybridized carbons (Fsp3) is 0.312. The second-order valence-electron chi connectivity index (χ2n) is 5.05. The van der Waals surface area contributed by atoms with Crippen LogP contribution in [0.3, 0.4) is 0 Å². The second kappa shape index (κ2) is 6.83. The van der Waals surface area contributed by atoms with Gasteiger partial charge in [0.1, 0.15) is 0 Å². The summed E-state index contributed by atoms with van der Waals surface area (Å²) >= 11 is 0. The van der Waals surface area contributed by atoms with Crippen molar-refractivity contribution >= 4 is 11.9 Å². The molecule has 2 rings (SSSR count). The molecule has 1 aromatic carbocycles. The van der Waals surface area contributed by atoms with E-state index in [9.17, 15) is 4.79 Å². The van der Waals surface area contributed by atoms with Crippen LogP contribution in [-0.2, 0) is 0 Å². The minimum atomic E-state index is -1.04. The average Bonchev–Trinajstić information content (AvgIpc) is 2.47. The van der Waals surface area contributed by atoms with E-state index in [1.54, 1.807) is 6.92 Å². The number of carboxylic acids is 1. The first-order valence-corrected chi connectivity index (χ1v) is 6.94. The zero-order chi connectivity index (χ0) is 15.2. The van der Waals surface area contributed by atoms with Gasteiger partial charge in [0.2, 0.25) is 5.95 Å². The number of hydrogen-bond acceptors (Lipinski definition) is 4. The van der Waals surface area contributed by atoms with E-state index in [1.807, 2.05) is 18.2 Å². The molecule has 5 heteroatoms. The van der Waals surface area contributed by atoms with Crippen molar-refractivity contribution in [3.05, 3.63) is 53.3 Å². The maximum absolute atomic E-state index is 11.0. The smallest absolute Gasteiger partial charge is 0.354 e. The van der Waals surface area contributed by atoms with E-state index in [0.29, 0.717) is 24.1 Å². The maximum atomic E-state index is 11.0. The summed E-state index contributed by atoms with van der Waals surface area (Å²) in [7, 11) is 0. The standard InChI is InChI=1S/C16H19N3O2/c1-11(13-6-4-3-5-7-13)8-9-17-16-18-12(2)10-14(19-16)15(20)21/h3-7,10-11H,8-9H2,1-2H3,(H,20,21)(H,17,18,19). The van der Waals surface area contributed by atoms with Crippen LogP contribution in [0.2, 0.25) is 0 Å². The molecule has 2 aromatic rings. The molecule has 0 amide bonds. The highest BCUT2D eigenvalue weighted by atomic mass is 16.4. The molecule has 21 heavy (non-hydrogen) atoms. The van der Waals surface area contributed by atoms with Crippen molar-refractivity contribution in [1.29, 1.82) is 0 Å². The fourth-order valence-electron chi connectivity index (χ4n) is 2.11. The quantitative estimate of drug-likeness (QED) is 0.853. The summed E-state index contributed by atoms with van der Waals surface area (Å²) in [4.78, 5) is 19.1. The SMILES string of the molecule is Cc1cc(C(=O)O)nc(NCCC(C)c2ccccc2)n1. The Morgan fingerprint density at radius 3 is 2.67 bits per heavy atom. The van der Waals surface area contributed by atoms with Gasteiger partial charge in [0.05, 0.1) is 0 Å². The lowest BCUT2D eigenvalue weighted by Gasteiger charge is -2.12. The molecule has 110 valence electrons. The molecule has 0 spiro atoms. The summed E-state index contributed by atoms with van der Waals surface area (Å²) < 4.78 is 0. The summed E-state index contributed by atoms with van der Waals surface area (Å²) in [5, 5.41) is 12.1. The van der Waals surface area contributed by atoms with E-state index in [-0.39, 0.29) is 5.69 Å². The maximum Gasteiger partial charge on any atom is 0.354 e. The van der Waals surface area contributed by atoms with Gasteiger partial charge >= 0.3 is 5.97 Å². The van der Waals surface area contributed by atoms with E-state index in [4.69, 9.17) is 5.11 Å². The molecule has 0 fully saturated rings. The van der Waals surface area contributed by atoms with Crippen LogP contribution in [0, 0.1) is 6.92 Å². The van der Waals surface area contributed by atoms with E-state index in [0.717, 1.165) is 6.42 Å². The van der Waals surface area contributed by atoms with Crippen molar-refractivity contribution < 1.29 is 9.90 Å². The van der Waals surface area contributed by atoms with Gasteiger partial charge in [0, 0.05) is 12.2 Å². The number of hydrogen-bond donors (Lipinski definition) is 2. The highest BCUT2D eigenvalue weighted by Gasteiger charge is 2.09. The summed E-state index contributed by atoms with van der Waals surface area (Å²) in [5.74, 6) is -0.253. The van der Waals surface area contributed by atoms with Crippen LogP contribution in [-0.4, -0.2) is 27.6 Å². The fourth-order valence-corrected chi connectivity index (χ4v) is 2.11. The summed E-state index contributed by atoms with van der Waals surface area (Å²) in [5.41, 5.74) is 1.94. The Hall–Kier alpha value is -2.43. The topological polar surface area (TPSA) is 75.1 Å². The number of benzene rings is 1. The monoisotopic (exact) mass is 285 g/mol. The Morgan fingerprint density at radius 1 is 1.29 bits per heavy atom. The van der Waals surface area contributed by atoms with Crippen LogP contribution >= 0.6 is 0 Å². The molecule has 0 aliphatic rings. The molecular weight excluding hydrogens is 266 g/mol. The van der Waals surface area contributed by atoms with Crippen LogP contribution in [0.25, 0.3) is 0 Å². The lowest BCUT2D eigenvalue weighted by atomic mass is 9.98. The first kappa shape index (κ1) is 15.0. The summed E-state index contributed by atoms with van der Waals surface area (Å²) in [6.07, 6.45) is 0.920. The van der Waals surface area contributed by atoms with Gasteiger partial charge in [0.15, 0.2) is 5.69 Å². The molecule has 1 heterocycles. The number of anilines is 1. The Labute approximate surface area is 124 Å². The van der Waals surface area contributed by atoms with Crippen molar-refractivity contribution in [3.63, 3.8) is 0 Å². The van der Waals surface area contributed by atoms with E-state index >= 15 is 0 Å². The highest BCUT2D eigenvalue weighted by Crippen LogP contribution is 2.18. The first-order valence-electron chi connectivity index (χ1n) is 6.94. The molecule has 0 saturated carbocycles. The summed E-state index contributed by atoms with van der Waals surface area (Å²) in [6.45, 7) is 4.61. The third-order valence-corrected chi connectivity index (χ3v) is 3.30. The van der Waals surface area contributed by atoms with Gasteiger partial charge in [-0.3, -0.25) is 0 Å². The van der Waals surface area contributed by atoms with Crippen LogP contribution < -0.4 is 5.32 Å². The molecule has 0 aliphatic carbocycles. The third-order valence-electron chi connectivity index (χ3n) is 3.30. The Morgan fingerprint density at radius 2 is 2.00 bits per heavy atom. The molecular formula is C16H19N3O2. The molecule has 5 nitrogen and oxygen atoms in total. The average molecular weight is 285 g/mol. The zero-order valence-corrected chi connectivity index (χ0v) is 12.2. The minimum absolute atomic E-state index is 0.0149. The molecule has 0 bridgehead atoms. The molecule has 2 N–H and O–H groups in total. The van der Waals surface area contributed by atoms with Gasteiger partial charge in [-0.05, 0) is 30.9 Å². The molecule has 1 aromatic heterocycles. The number of nitrogens with zero attached hydrogens (tertiary/aromatic N) is 2. The number of aromatic nitrogens is 2. The molecule has 1 unspecified atom stereocenters. The molecule has 0 radical (unpaired) electrons. The van der Waals surface area contributed by atoms with Crippen LogP contribution in [0.5, 0.6) is 0 Å².